The number of nitrogens with zero attached hydrogens (tertiary/aromatic N) is 1. The molecule has 0 bridgehead atoms. The molecule has 23 heteroatoms. The zero-order chi connectivity index (χ0) is 42.7. The van der Waals surface area contributed by atoms with Crippen LogP contribution in [-0.2, 0) is 49.6 Å². The van der Waals surface area contributed by atoms with E-state index in [4.69, 9.17) is 17.2 Å². The average Bonchev–Trinajstić information content (AvgIpc) is 3.63. The summed E-state index contributed by atoms with van der Waals surface area (Å²) in [5, 5.41) is 43.1. The van der Waals surface area contributed by atoms with E-state index in [0.29, 0.717) is 25.0 Å². The predicted octanol–water partition coefficient (Wildman–Crippen LogP) is -4.80. The minimum absolute atomic E-state index is 0.0350. The number of aliphatic carboxylic acids is 2. The molecule has 0 radical (unpaired) electrons. The first kappa shape index (κ1) is 48.3. The van der Waals surface area contributed by atoms with Crippen LogP contribution in [0.5, 0.6) is 0 Å². The highest BCUT2D eigenvalue weighted by molar-refractivity contribution is 5.98. The summed E-state index contributed by atoms with van der Waals surface area (Å²) >= 11 is 0. The summed E-state index contributed by atoms with van der Waals surface area (Å²) < 4.78 is 0. The second kappa shape index (κ2) is 24.0. The van der Waals surface area contributed by atoms with Crippen LogP contribution in [0.1, 0.15) is 71.9 Å². The summed E-state index contributed by atoms with van der Waals surface area (Å²) in [5.41, 5.74) is 16.7. The standard InChI is InChI=1S/C33H55N11O12/c1-5-15(2)25(31(53)42-21(10-18-13-37-14-38-18)30(52)44-26(17(4)45)32(54)39-16(3)33(55)56)43-28(50)20(8-6-7-9-34)40-29(51)22(12-24(47)48)41-27(49)19(35)11-23(36)46/h13-17,19-22,25-26,45H,5-12,34-35H2,1-4H3,(H2,36,46)(H,37,38)(H,39,54)(H,40,51)(H,41,49)(H,42,53)(H,43,50)(H,44,52)(H,47,48)(H,55,56)/t15-,16-,17+,19-,20-,21-,22-,25-,26-/m0/s1. The highest BCUT2D eigenvalue weighted by atomic mass is 16.4. The van der Waals surface area contributed by atoms with Gasteiger partial charge in [-0.1, -0.05) is 20.3 Å². The Kier molecular flexibility index (Phi) is 20.7. The number of H-pyrrole nitrogens is 1. The van der Waals surface area contributed by atoms with Crippen molar-refractivity contribution in [1.82, 2.24) is 41.9 Å². The van der Waals surface area contributed by atoms with E-state index in [1.165, 1.54) is 26.4 Å². The van der Waals surface area contributed by atoms with Crippen molar-refractivity contribution in [2.45, 2.75) is 121 Å². The lowest BCUT2D eigenvalue weighted by Crippen LogP contribution is -2.62. The van der Waals surface area contributed by atoms with Crippen LogP contribution in [0.3, 0.4) is 0 Å². The Bertz CT molecular complexity index is 1520. The Labute approximate surface area is 322 Å². The number of aromatic amines is 1. The van der Waals surface area contributed by atoms with Gasteiger partial charge in [-0.2, -0.15) is 0 Å². The zero-order valence-corrected chi connectivity index (χ0v) is 31.7. The molecule has 314 valence electrons. The number of carboxylic acid groups (broad SMARTS) is 2. The SMILES string of the molecule is CC[C@H](C)[C@H](NC(=O)[C@H](CCCCN)NC(=O)[C@H](CC(=O)O)NC(=O)[C@@H](N)CC(N)=O)C(=O)N[C@@H](Cc1cnc[nH]1)C(=O)N[C@H](C(=O)N[C@@H](C)C(=O)O)[C@@H](C)O. The summed E-state index contributed by atoms with van der Waals surface area (Å²) in [6, 6.07) is -10.4. The molecular formula is C33H55N11O12. The fraction of sp³-hybridized carbons (Fsp3) is 0.636. The van der Waals surface area contributed by atoms with E-state index >= 15 is 0 Å². The molecule has 0 spiro atoms. The molecule has 56 heavy (non-hydrogen) atoms. The number of nitrogens with one attached hydrogen (secondary N) is 7. The van der Waals surface area contributed by atoms with Gasteiger partial charge in [0, 0.05) is 18.3 Å². The van der Waals surface area contributed by atoms with Gasteiger partial charge in [0.2, 0.25) is 41.4 Å². The first-order valence-corrected chi connectivity index (χ1v) is 17.9. The number of primary amides is 1. The van der Waals surface area contributed by atoms with Crippen molar-refractivity contribution in [2.24, 2.45) is 23.1 Å². The predicted molar refractivity (Wildman–Crippen MR) is 195 cm³/mol. The number of unbranched alkanes of at least 4 members (excludes halogenated alkanes) is 1. The largest absolute Gasteiger partial charge is 0.481 e. The Morgan fingerprint density at radius 1 is 0.750 bits per heavy atom. The van der Waals surface area contributed by atoms with Gasteiger partial charge in [-0.3, -0.25) is 43.2 Å². The van der Waals surface area contributed by atoms with Gasteiger partial charge in [0.05, 0.1) is 31.3 Å². The first-order valence-electron chi connectivity index (χ1n) is 17.9. The van der Waals surface area contributed by atoms with E-state index in [1.807, 2.05) is 0 Å². The molecule has 0 aromatic carbocycles. The van der Waals surface area contributed by atoms with Crippen LogP contribution in [0, 0.1) is 5.92 Å². The van der Waals surface area contributed by atoms with Gasteiger partial charge in [0.25, 0.3) is 0 Å². The van der Waals surface area contributed by atoms with E-state index in [0.717, 1.165) is 0 Å². The summed E-state index contributed by atoms with van der Waals surface area (Å²) in [5.74, 6) is -10.2. The maximum atomic E-state index is 13.9. The number of nitrogens with two attached hydrogens (primary N) is 3. The topological polar surface area (TPSA) is 393 Å². The van der Waals surface area contributed by atoms with Crippen molar-refractivity contribution in [2.75, 3.05) is 6.54 Å². The lowest BCUT2D eigenvalue weighted by Gasteiger charge is -2.29. The van der Waals surface area contributed by atoms with Gasteiger partial charge in [0.15, 0.2) is 0 Å². The third-order valence-corrected chi connectivity index (χ3v) is 8.55. The normalized spacial score (nSPS) is 15.8. The van der Waals surface area contributed by atoms with Crippen LogP contribution in [-0.4, -0.2) is 134 Å². The Balaban J connectivity index is 3.38. The number of imidazole rings is 1. The molecule has 16 N–H and O–H groups in total. The lowest BCUT2D eigenvalue weighted by atomic mass is 9.96. The second-order valence-corrected chi connectivity index (χ2v) is 13.3. The number of aliphatic hydroxyl groups excluding tert-OH is 1. The van der Waals surface area contributed by atoms with E-state index in [2.05, 4.69) is 41.9 Å². The second-order valence-electron chi connectivity index (χ2n) is 13.3. The Morgan fingerprint density at radius 2 is 1.30 bits per heavy atom. The van der Waals surface area contributed by atoms with Gasteiger partial charge in [-0.05, 0) is 45.6 Å². The number of hydrogen-bond donors (Lipinski definition) is 13. The summed E-state index contributed by atoms with van der Waals surface area (Å²) in [7, 11) is 0. The van der Waals surface area contributed by atoms with Gasteiger partial charge in [-0.25, -0.2) is 4.98 Å². The van der Waals surface area contributed by atoms with E-state index < -0.39 is 120 Å². The molecule has 0 fully saturated rings. The van der Waals surface area contributed by atoms with Crippen molar-refractivity contribution in [3.63, 3.8) is 0 Å². The third-order valence-electron chi connectivity index (χ3n) is 8.55. The lowest BCUT2D eigenvalue weighted by molar-refractivity contribution is -0.142. The molecule has 1 rings (SSSR count). The fourth-order valence-corrected chi connectivity index (χ4v) is 5.07. The number of carbonyl (C=O) groups is 9. The molecule has 1 heterocycles. The maximum Gasteiger partial charge on any atom is 0.325 e. The molecule has 1 aromatic rings. The van der Waals surface area contributed by atoms with E-state index in [1.54, 1.807) is 13.8 Å². The van der Waals surface area contributed by atoms with Crippen molar-refractivity contribution >= 4 is 53.3 Å². The molecule has 7 amide bonds. The van der Waals surface area contributed by atoms with Crippen molar-refractivity contribution in [1.29, 1.82) is 0 Å². The molecule has 0 saturated heterocycles. The van der Waals surface area contributed by atoms with Crippen LogP contribution in [0.25, 0.3) is 0 Å². The molecule has 0 aliphatic rings. The number of carboxylic acids is 2. The number of amides is 7. The molecular weight excluding hydrogens is 742 g/mol. The smallest absolute Gasteiger partial charge is 0.325 e. The van der Waals surface area contributed by atoms with Crippen LogP contribution < -0.4 is 49.1 Å². The van der Waals surface area contributed by atoms with Crippen molar-refractivity contribution in [3.05, 3.63) is 18.2 Å². The molecule has 0 aliphatic carbocycles. The summed E-state index contributed by atoms with van der Waals surface area (Å²) in [4.78, 5) is 121. The molecule has 0 saturated carbocycles. The highest BCUT2D eigenvalue weighted by Gasteiger charge is 2.36. The first-order chi connectivity index (χ1) is 26.2. The number of aromatic nitrogens is 2. The zero-order valence-electron chi connectivity index (χ0n) is 31.7. The van der Waals surface area contributed by atoms with E-state index in [9.17, 15) is 58.5 Å². The van der Waals surface area contributed by atoms with Crippen molar-refractivity contribution in [3.8, 4) is 0 Å². The van der Waals surface area contributed by atoms with Gasteiger partial charge in [0.1, 0.15) is 36.3 Å². The van der Waals surface area contributed by atoms with Gasteiger partial charge < -0.3 is 69.4 Å². The maximum absolute atomic E-state index is 13.9. The molecule has 23 nitrogen and oxygen atoms in total. The van der Waals surface area contributed by atoms with Crippen LogP contribution in [0.2, 0.25) is 0 Å². The summed E-state index contributed by atoms with van der Waals surface area (Å²) in [6.07, 6.45) is 0.448. The number of carbonyl (C=O) groups excluding carboxylic acids is 7. The van der Waals surface area contributed by atoms with E-state index in [-0.39, 0.29) is 19.4 Å². The molecule has 0 unspecified atom stereocenters. The number of hydrogen-bond acceptors (Lipinski definition) is 13. The number of rotatable bonds is 26. The Morgan fingerprint density at radius 3 is 1.82 bits per heavy atom. The minimum Gasteiger partial charge on any atom is -0.481 e. The average molecular weight is 798 g/mol. The molecule has 9 atom stereocenters. The van der Waals surface area contributed by atoms with Gasteiger partial charge in [-0.15, -0.1) is 0 Å². The summed E-state index contributed by atoms with van der Waals surface area (Å²) in [6.45, 7) is 5.94. The Hall–Kier alpha value is -5.68. The highest BCUT2D eigenvalue weighted by Crippen LogP contribution is 2.12. The molecule has 0 aliphatic heterocycles. The third kappa shape index (κ3) is 16.8. The quantitative estimate of drug-likeness (QED) is 0.0391. The van der Waals surface area contributed by atoms with Crippen molar-refractivity contribution < 1.29 is 58.5 Å². The number of aliphatic hydroxyl groups is 1. The van der Waals surface area contributed by atoms with Gasteiger partial charge >= 0.3 is 11.9 Å². The van der Waals surface area contributed by atoms with Crippen LogP contribution >= 0.6 is 0 Å². The fourth-order valence-electron chi connectivity index (χ4n) is 5.07. The monoisotopic (exact) mass is 797 g/mol. The minimum atomic E-state index is -1.74. The van der Waals surface area contributed by atoms with Crippen LogP contribution in [0.15, 0.2) is 12.5 Å². The molecule has 1 aromatic heterocycles. The van der Waals surface area contributed by atoms with Crippen LogP contribution in [0.4, 0.5) is 0 Å².